The molecule has 2 aromatic rings. The van der Waals surface area contributed by atoms with Gasteiger partial charge in [-0.1, -0.05) is 13.0 Å². The van der Waals surface area contributed by atoms with Crippen LogP contribution in [-0.4, -0.2) is 78.6 Å². The van der Waals surface area contributed by atoms with Crippen molar-refractivity contribution in [1.82, 2.24) is 25.1 Å². The molecule has 0 unspecified atom stereocenters. The Balaban J connectivity index is 0.00000289. The van der Waals surface area contributed by atoms with Crippen LogP contribution in [0.5, 0.6) is 0 Å². The second kappa shape index (κ2) is 12.7. The van der Waals surface area contributed by atoms with E-state index < -0.39 is 0 Å². The smallest absolute Gasteiger partial charge is 0.193 e. The summed E-state index contributed by atoms with van der Waals surface area (Å²) in [6.07, 6.45) is 5.38. The first kappa shape index (κ1) is 25.2. The van der Waals surface area contributed by atoms with Crippen LogP contribution in [0.1, 0.15) is 30.5 Å². The number of aryl methyl sites for hydroxylation is 1. The third kappa shape index (κ3) is 6.77. The topological polar surface area (TPSA) is 59.9 Å². The summed E-state index contributed by atoms with van der Waals surface area (Å²) in [4.78, 5) is 21.0. The molecule has 0 saturated carbocycles. The lowest BCUT2D eigenvalue weighted by atomic mass is 9.97. The number of hydrogen-bond acceptors (Lipinski definition) is 6. The van der Waals surface area contributed by atoms with E-state index in [1.165, 1.54) is 23.5 Å². The zero-order valence-electron chi connectivity index (χ0n) is 19.2. The quantitative estimate of drug-likeness (QED) is 0.328. The third-order valence-corrected chi connectivity index (χ3v) is 7.35. The number of piperidine rings is 1. The van der Waals surface area contributed by atoms with Crippen LogP contribution in [0.25, 0.3) is 0 Å². The van der Waals surface area contributed by atoms with Gasteiger partial charge >= 0.3 is 0 Å². The minimum absolute atomic E-state index is 0. The van der Waals surface area contributed by atoms with Gasteiger partial charge in [0.05, 0.1) is 10.7 Å². The van der Waals surface area contributed by atoms with Crippen molar-refractivity contribution < 1.29 is 0 Å². The molecule has 0 aromatic carbocycles. The summed E-state index contributed by atoms with van der Waals surface area (Å²) in [5.41, 5.74) is 1.24. The van der Waals surface area contributed by atoms with Gasteiger partial charge in [-0.25, -0.2) is 9.97 Å². The average Bonchev–Trinajstić information content (AvgIpc) is 3.29. The largest absolute Gasteiger partial charge is 0.356 e. The predicted molar refractivity (Wildman–Crippen MR) is 144 cm³/mol. The molecular weight excluding hydrogens is 533 g/mol. The number of halogens is 1. The van der Waals surface area contributed by atoms with Gasteiger partial charge in [0.15, 0.2) is 5.96 Å². The number of thiazole rings is 1. The SMILES string of the molecule is CCc1nc(CN2CCC(CNC(=NC)N3CCN(c4ccccn4)CC3)CC2)cs1.I. The Morgan fingerprint density at radius 1 is 1.16 bits per heavy atom. The van der Waals surface area contributed by atoms with Crippen molar-refractivity contribution in [2.45, 2.75) is 32.7 Å². The van der Waals surface area contributed by atoms with Crippen LogP contribution in [-0.2, 0) is 13.0 Å². The molecule has 4 heterocycles. The molecule has 1 N–H and O–H groups in total. The van der Waals surface area contributed by atoms with Crippen LogP contribution in [0.4, 0.5) is 5.82 Å². The van der Waals surface area contributed by atoms with E-state index in [0.29, 0.717) is 5.92 Å². The van der Waals surface area contributed by atoms with E-state index in [1.54, 1.807) is 11.3 Å². The zero-order valence-corrected chi connectivity index (χ0v) is 22.4. The molecule has 0 bridgehead atoms. The van der Waals surface area contributed by atoms with Crippen molar-refractivity contribution in [3.05, 3.63) is 40.5 Å². The normalized spacial score (nSPS) is 18.5. The number of anilines is 1. The summed E-state index contributed by atoms with van der Waals surface area (Å²) in [7, 11) is 1.90. The highest BCUT2D eigenvalue weighted by Gasteiger charge is 2.23. The van der Waals surface area contributed by atoms with Gasteiger partial charge in [0.2, 0.25) is 0 Å². The Morgan fingerprint density at radius 3 is 2.56 bits per heavy atom. The minimum Gasteiger partial charge on any atom is -0.356 e. The van der Waals surface area contributed by atoms with Crippen molar-refractivity contribution in [3.63, 3.8) is 0 Å². The Bertz CT molecular complexity index is 828. The van der Waals surface area contributed by atoms with E-state index in [-0.39, 0.29) is 24.0 Å². The molecule has 7 nitrogen and oxygen atoms in total. The first-order valence-electron chi connectivity index (χ1n) is 11.5. The number of guanidine groups is 1. The Hall–Kier alpha value is -1.46. The molecule has 0 atom stereocenters. The molecule has 32 heavy (non-hydrogen) atoms. The van der Waals surface area contributed by atoms with Gasteiger partial charge in [0.1, 0.15) is 5.82 Å². The number of hydrogen-bond donors (Lipinski definition) is 1. The minimum atomic E-state index is 0. The molecule has 0 aliphatic carbocycles. The number of rotatable bonds is 6. The molecule has 2 saturated heterocycles. The van der Waals surface area contributed by atoms with Crippen LogP contribution < -0.4 is 10.2 Å². The van der Waals surface area contributed by atoms with E-state index in [2.05, 4.69) is 54.4 Å². The van der Waals surface area contributed by atoms with E-state index in [0.717, 1.165) is 70.6 Å². The summed E-state index contributed by atoms with van der Waals surface area (Å²) >= 11 is 1.79. The maximum atomic E-state index is 4.72. The second-order valence-corrected chi connectivity index (χ2v) is 9.34. The van der Waals surface area contributed by atoms with Gasteiger partial charge in [-0.2, -0.15) is 0 Å². The summed E-state index contributed by atoms with van der Waals surface area (Å²) in [6, 6.07) is 6.11. The lowest BCUT2D eigenvalue weighted by molar-refractivity contribution is 0.176. The van der Waals surface area contributed by atoms with Crippen LogP contribution in [0.15, 0.2) is 34.8 Å². The molecule has 4 rings (SSSR count). The maximum Gasteiger partial charge on any atom is 0.193 e. The monoisotopic (exact) mass is 569 g/mol. The zero-order chi connectivity index (χ0) is 21.5. The number of likely N-dealkylation sites (tertiary alicyclic amines) is 1. The van der Waals surface area contributed by atoms with Gasteiger partial charge in [0, 0.05) is 57.9 Å². The number of aromatic nitrogens is 2. The van der Waals surface area contributed by atoms with Gasteiger partial charge in [-0.05, 0) is 50.4 Å². The summed E-state index contributed by atoms with van der Waals surface area (Å²) in [5.74, 6) is 2.82. The first-order valence-corrected chi connectivity index (χ1v) is 12.4. The highest BCUT2D eigenvalue weighted by Crippen LogP contribution is 2.20. The van der Waals surface area contributed by atoms with E-state index in [9.17, 15) is 0 Å². The van der Waals surface area contributed by atoms with Gasteiger partial charge in [-0.3, -0.25) is 9.89 Å². The predicted octanol–water partition coefficient (Wildman–Crippen LogP) is 3.33. The average molecular weight is 570 g/mol. The number of aliphatic imine (C=N–C) groups is 1. The van der Waals surface area contributed by atoms with E-state index in [4.69, 9.17) is 4.98 Å². The van der Waals surface area contributed by atoms with Crippen LogP contribution >= 0.6 is 35.3 Å². The lowest BCUT2D eigenvalue weighted by Gasteiger charge is -2.38. The summed E-state index contributed by atoms with van der Waals surface area (Å²) in [5, 5.41) is 7.13. The van der Waals surface area contributed by atoms with Crippen LogP contribution in [0.3, 0.4) is 0 Å². The van der Waals surface area contributed by atoms with Gasteiger partial charge in [0.25, 0.3) is 0 Å². The highest BCUT2D eigenvalue weighted by atomic mass is 127. The Labute approximate surface area is 213 Å². The first-order chi connectivity index (χ1) is 15.2. The highest BCUT2D eigenvalue weighted by molar-refractivity contribution is 14.0. The van der Waals surface area contributed by atoms with Crippen molar-refractivity contribution >= 4 is 47.1 Å². The maximum absolute atomic E-state index is 4.72. The fourth-order valence-corrected chi connectivity index (χ4v) is 5.15. The summed E-state index contributed by atoms with van der Waals surface area (Å²) < 4.78 is 0. The fourth-order valence-electron chi connectivity index (χ4n) is 4.42. The van der Waals surface area contributed by atoms with E-state index in [1.807, 2.05) is 19.3 Å². The van der Waals surface area contributed by atoms with Gasteiger partial charge in [-0.15, -0.1) is 35.3 Å². The fraction of sp³-hybridized carbons (Fsp3) is 0.609. The molecule has 2 aliphatic heterocycles. The molecule has 0 radical (unpaired) electrons. The number of piperazine rings is 1. The van der Waals surface area contributed by atoms with Crippen LogP contribution in [0.2, 0.25) is 0 Å². The lowest BCUT2D eigenvalue weighted by Crippen LogP contribution is -2.53. The summed E-state index contributed by atoms with van der Waals surface area (Å²) in [6.45, 7) is 10.4. The number of nitrogens with zero attached hydrogens (tertiary/aromatic N) is 6. The van der Waals surface area contributed by atoms with Crippen molar-refractivity contribution in [2.75, 3.05) is 57.8 Å². The molecule has 2 aromatic heterocycles. The molecule has 2 fully saturated rings. The molecule has 176 valence electrons. The van der Waals surface area contributed by atoms with Crippen molar-refractivity contribution in [3.8, 4) is 0 Å². The Morgan fingerprint density at radius 2 is 1.94 bits per heavy atom. The van der Waals surface area contributed by atoms with Crippen molar-refractivity contribution in [2.24, 2.45) is 10.9 Å². The molecule has 0 spiro atoms. The van der Waals surface area contributed by atoms with Crippen LogP contribution in [0, 0.1) is 5.92 Å². The molecule has 9 heteroatoms. The third-order valence-electron chi connectivity index (χ3n) is 6.31. The van der Waals surface area contributed by atoms with Crippen molar-refractivity contribution in [1.29, 1.82) is 0 Å². The number of pyridine rings is 1. The Kier molecular flexibility index (Phi) is 9.98. The second-order valence-electron chi connectivity index (χ2n) is 8.40. The van der Waals surface area contributed by atoms with Gasteiger partial charge < -0.3 is 15.1 Å². The molecular formula is C23H36IN7S. The molecule has 0 amide bonds. The standard InChI is InChI=1S/C23H35N7S.HI/c1-3-22-27-20(18-31-22)17-28-10-7-19(8-11-28)16-26-23(24-2)30-14-12-29(13-15-30)21-6-4-5-9-25-21;/h4-6,9,18-19H,3,7-8,10-17H2,1-2H3,(H,24,26);1H. The van der Waals surface area contributed by atoms with E-state index >= 15 is 0 Å². The number of nitrogens with one attached hydrogen (secondary N) is 1. The molecule has 2 aliphatic rings.